The summed E-state index contributed by atoms with van der Waals surface area (Å²) in [7, 11) is 2.20. The number of nitrogens with zero attached hydrogens (tertiary/aromatic N) is 3. The van der Waals surface area contributed by atoms with E-state index in [0.29, 0.717) is 6.04 Å². The maximum Gasteiger partial charge on any atom is 0.0564 e. The molecule has 1 saturated heterocycles. The molecule has 0 aromatic carbocycles. The Kier molecular flexibility index (Phi) is 5.16. The van der Waals surface area contributed by atoms with Crippen LogP contribution >= 0.6 is 0 Å². The molecule has 1 fully saturated rings. The van der Waals surface area contributed by atoms with Crippen LogP contribution in [0.15, 0.2) is 18.3 Å². The highest BCUT2D eigenvalue weighted by atomic mass is 15.3. The van der Waals surface area contributed by atoms with Gasteiger partial charge in [-0.1, -0.05) is 6.92 Å². The number of hydrogen-bond acceptors (Lipinski definition) is 4. The SMILES string of the molecule is CCCNc1ccnc(CN2CCN(C)C(C)C2)c1. The Morgan fingerprint density at radius 3 is 3.00 bits per heavy atom. The lowest BCUT2D eigenvalue weighted by atomic mass is 10.2. The summed E-state index contributed by atoms with van der Waals surface area (Å²) in [4.78, 5) is 9.41. The molecule has 1 aliphatic rings. The first-order chi connectivity index (χ1) is 9.19. The molecule has 106 valence electrons. The Labute approximate surface area is 116 Å². The zero-order chi connectivity index (χ0) is 13.7. The summed E-state index contributed by atoms with van der Waals surface area (Å²) in [6.07, 6.45) is 3.06. The van der Waals surface area contributed by atoms with E-state index in [9.17, 15) is 0 Å². The van der Waals surface area contributed by atoms with E-state index >= 15 is 0 Å². The van der Waals surface area contributed by atoms with E-state index in [0.717, 1.165) is 44.8 Å². The predicted molar refractivity (Wildman–Crippen MR) is 80.4 cm³/mol. The number of aromatic nitrogens is 1. The lowest BCUT2D eigenvalue weighted by molar-refractivity contribution is 0.0991. The first-order valence-electron chi connectivity index (χ1n) is 7.30. The van der Waals surface area contributed by atoms with Gasteiger partial charge in [-0.2, -0.15) is 0 Å². The third-order valence-electron chi connectivity index (χ3n) is 3.83. The summed E-state index contributed by atoms with van der Waals surface area (Å²) in [5.41, 5.74) is 2.35. The van der Waals surface area contributed by atoms with Crippen LogP contribution < -0.4 is 5.32 Å². The molecule has 2 heterocycles. The van der Waals surface area contributed by atoms with E-state index < -0.39 is 0 Å². The van der Waals surface area contributed by atoms with Gasteiger partial charge >= 0.3 is 0 Å². The molecule has 0 aliphatic carbocycles. The highest BCUT2D eigenvalue weighted by Crippen LogP contribution is 2.13. The van der Waals surface area contributed by atoms with Gasteiger partial charge in [0.15, 0.2) is 0 Å². The minimum Gasteiger partial charge on any atom is -0.385 e. The molecule has 0 spiro atoms. The van der Waals surface area contributed by atoms with Crippen molar-refractivity contribution in [3.8, 4) is 0 Å². The van der Waals surface area contributed by atoms with Gasteiger partial charge in [0, 0.05) is 50.6 Å². The van der Waals surface area contributed by atoms with Crippen molar-refractivity contribution in [2.75, 3.05) is 38.5 Å². The molecule has 4 nitrogen and oxygen atoms in total. The van der Waals surface area contributed by atoms with Crippen LogP contribution in [0.2, 0.25) is 0 Å². The largest absolute Gasteiger partial charge is 0.385 e. The van der Waals surface area contributed by atoms with E-state index in [1.54, 1.807) is 0 Å². The normalized spacial score (nSPS) is 21.5. The lowest BCUT2D eigenvalue weighted by Gasteiger charge is -2.37. The van der Waals surface area contributed by atoms with Crippen LogP contribution in [0.3, 0.4) is 0 Å². The maximum atomic E-state index is 4.49. The van der Waals surface area contributed by atoms with E-state index in [4.69, 9.17) is 0 Å². The van der Waals surface area contributed by atoms with E-state index in [2.05, 4.69) is 47.1 Å². The first kappa shape index (κ1) is 14.3. The molecule has 1 atom stereocenters. The van der Waals surface area contributed by atoms with Crippen LogP contribution in [0.5, 0.6) is 0 Å². The average Bonchev–Trinajstić information content (AvgIpc) is 2.41. The Bertz CT molecular complexity index is 393. The van der Waals surface area contributed by atoms with Gasteiger partial charge in [0.25, 0.3) is 0 Å². The van der Waals surface area contributed by atoms with Crippen LogP contribution in [-0.2, 0) is 6.54 Å². The van der Waals surface area contributed by atoms with Crippen molar-refractivity contribution in [2.45, 2.75) is 32.9 Å². The lowest BCUT2D eigenvalue weighted by Crippen LogP contribution is -2.49. The van der Waals surface area contributed by atoms with Crippen molar-refractivity contribution in [1.82, 2.24) is 14.8 Å². The summed E-state index contributed by atoms with van der Waals surface area (Å²) in [6, 6.07) is 4.86. The number of pyridine rings is 1. The highest BCUT2D eigenvalue weighted by molar-refractivity contribution is 5.43. The van der Waals surface area contributed by atoms with Gasteiger partial charge < -0.3 is 10.2 Å². The van der Waals surface area contributed by atoms with E-state index in [-0.39, 0.29) is 0 Å². The van der Waals surface area contributed by atoms with Crippen LogP contribution in [0.4, 0.5) is 5.69 Å². The van der Waals surface area contributed by atoms with Crippen molar-refractivity contribution in [3.63, 3.8) is 0 Å². The van der Waals surface area contributed by atoms with Crippen LogP contribution in [0.25, 0.3) is 0 Å². The Morgan fingerprint density at radius 2 is 2.26 bits per heavy atom. The Morgan fingerprint density at radius 1 is 1.42 bits per heavy atom. The molecule has 1 aromatic heterocycles. The topological polar surface area (TPSA) is 31.4 Å². The molecule has 4 heteroatoms. The third-order valence-corrected chi connectivity index (χ3v) is 3.83. The predicted octanol–water partition coefficient (Wildman–Crippen LogP) is 2.04. The molecule has 19 heavy (non-hydrogen) atoms. The minimum atomic E-state index is 0.634. The zero-order valence-electron chi connectivity index (χ0n) is 12.4. The maximum absolute atomic E-state index is 4.49. The minimum absolute atomic E-state index is 0.634. The molecule has 1 N–H and O–H groups in total. The summed E-state index contributed by atoms with van der Waals surface area (Å²) in [5.74, 6) is 0. The van der Waals surface area contributed by atoms with Crippen molar-refractivity contribution in [2.24, 2.45) is 0 Å². The summed E-state index contributed by atoms with van der Waals surface area (Å²) >= 11 is 0. The molecular formula is C15H26N4. The Hall–Kier alpha value is -1.13. The van der Waals surface area contributed by atoms with Crippen molar-refractivity contribution in [3.05, 3.63) is 24.0 Å². The van der Waals surface area contributed by atoms with Gasteiger partial charge in [-0.3, -0.25) is 9.88 Å². The number of hydrogen-bond donors (Lipinski definition) is 1. The molecule has 1 aliphatic heterocycles. The summed E-state index contributed by atoms with van der Waals surface area (Å²) in [5, 5.41) is 3.42. The van der Waals surface area contributed by atoms with Gasteiger partial charge in [-0.25, -0.2) is 0 Å². The molecular weight excluding hydrogens is 236 g/mol. The van der Waals surface area contributed by atoms with Crippen molar-refractivity contribution in [1.29, 1.82) is 0 Å². The van der Waals surface area contributed by atoms with E-state index in [1.165, 1.54) is 5.69 Å². The van der Waals surface area contributed by atoms with Crippen LogP contribution in [0.1, 0.15) is 26.0 Å². The van der Waals surface area contributed by atoms with Crippen LogP contribution in [0, 0.1) is 0 Å². The molecule has 1 unspecified atom stereocenters. The average molecular weight is 262 g/mol. The van der Waals surface area contributed by atoms with Gasteiger partial charge in [0.1, 0.15) is 0 Å². The van der Waals surface area contributed by atoms with Crippen molar-refractivity contribution >= 4 is 5.69 Å². The van der Waals surface area contributed by atoms with Crippen molar-refractivity contribution < 1.29 is 0 Å². The fourth-order valence-electron chi connectivity index (χ4n) is 2.44. The smallest absolute Gasteiger partial charge is 0.0564 e. The molecule has 0 saturated carbocycles. The number of piperazine rings is 1. The van der Waals surface area contributed by atoms with Gasteiger partial charge in [-0.15, -0.1) is 0 Å². The van der Waals surface area contributed by atoms with E-state index in [1.807, 2.05) is 12.3 Å². The zero-order valence-corrected chi connectivity index (χ0v) is 12.4. The second kappa shape index (κ2) is 6.87. The molecule has 0 bridgehead atoms. The molecule has 2 rings (SSSR count). The second-order valence-electron chi connectivity index (χ2n) is 5.53. The monoisotopic (exact) mass is 262 g/mol. The number of rotatable bonds is 5. The quantitative estimate of drug-likeness (QED) is 0.880. The fraction of sp³-hybridized carbons (Fsp3) is 0.667. The standard InChI is InChI=1S/C15H26N4/c1-4-6-16-14-5-7-17-15(10-14)12-19-9-8-18(3)13(2)11-19/h5,7,10,13H,4,6,8-9,11-12H2,1-3H3,(H,16,17). The molecule has 0 radical (unpaired) electrons. The second-order valence-corrected chi connectivity index (χ2v) is 5.53. The van der Waals surface area contributed by atoms with Gasteiger partial charge in [-0.05, 0) is 32.5 Å². The highest BCUT2D eigenvalue weighted by Gasteiger charge is 2.20. The molecule has 1 aromatic rings. The number of anilines is 1. The molecule has 0 amide bonds. The summed E-state index contributed by atoms with van der Waals surface area (Å²) in [6.45, 7) is 9.86. The van der Waals surface area contributed by atoms with Crippen LogP contribution in [-0.4, -0.2) is 54.1 Å². The third kappa shape index (κ3) is 4.18. The van der Waals surface area contributed by atoms with Gasteiger partial charge in [0.2, 0.25) is 0 Å². The van der Waals surface area contributed by atoms with Gasteiger partial charge in [0.05, 0.1) is 5.69 Å². The Balaban J connectivity index is 1.91. The number of likely N-dealkylation sites (N-methyl/N-ethyl adjacent to an activating group) is 1. The fourth-order valence-corrected chi connectivity index (χ4v) is 2.44. The first-order valence-corrected chi connectivity index (χ1v) is 7.30. The number of nitrogens with one attached hydrogen (secondary N) is 1. The summed E-state index contributed by atoms with van der Waals surface area (Å²) < 4.78 is 0.